The van der Waals surface area contributed by atoms with Crippen molar-refractivity contribution in [3.05, 3.63) is 29.3 Å². The molecule has 1 aromatic carbocycles. The van der Waals surface area contributed by atoms with E-state index in [1.807, 2.05) is 6.92 Å². The molecule has 0 amide bonds. The van der Waals surface area contributed by atoms with Gasteiger partial charge in [-0.05, 0) is 68.8 Å². The summed E-state index contributed by atoms with van der Waals surface area (Å²) < 4.78 is 11.1. The van der Waals surface area contributed by atoms with Crippen LogP contribution in [0.15, 0.2) is 18.2 Å². The Morgan fingerprint density at radius 3 is 3.00 bits per heavy atom. The first-order valence-electron chi connectivity index (χ1n) is 8.90. The molecular formula is C19H27NO3. The van der Waals surface area contributed by atoms with Crippen molar-refractivity contribution in [2.75, 3.05) is 32.8 Å². The second kappa shape index (κ2) is 7.82. The Labute approximate surface area is 138 Å². The fourth-order valence-electron chi connectivity index (χ4n) is 3.64. The molecule has 23 heavy (non-hydrogen) atoms. The van der Waals surface area contributed by atoms with Crippen molar-refractivity contribution in [1.29, 1.82) is 0 Å². The lowest BCUT2D eigenvalue weighted by atomic mass is 9.98. The van der Waals surface area contributed by atoms with E-state index in [1.54, 1.807) is 0 Å². The molecule has 1 unspecified atom stereocenters. The highest BCUT2D eigenvalue weighted by Crippen LogP contribution is 2.26. The van der Waals surface area contributed by atoms with Gasteiger partial charge in [-0.15, -0.1) is 0 Å². The van der Waals surface area contributed by atoms with E-state index in [0.717, 1.165) is 38.2 Å². The van der Waals surface area contributed by atoms with Crippen molar-refractivity contribution < 1.29 is 14.3 Å². The normalized spacial score (nSPS) is 21.0. The topological polar surface area (TPSA) is 38.8 Å². The zero-order chi connectivity index (χ0) is 16.1. The number of benzene rings is 1. The first-order chi connectivity index (χ1) is 11.3. The van der Waals surface area contributed by atoms with Crippen LogP contribution >= 0.6 is 0 Å². The van der Waals surface area contributed by atoms with Gasteiger partial charge in [0.1, 0.15) is 12.4 Å². The number of hydrogen-bond donors (Lipinski definition) is 0. The highest BCUT2D eigenvalue weighted by Gasteiger charge is 2.26. The Morgan fingerprint density at radius 1 is 1.26 bits per heavy atom. The van der Waals surface area contributed by atoms with Crippen molar-refractivity contribution in [3.8, 4) is 5.75 Å². The molecule has 0 aromatic heterocycles. The van der Waals surface area contributed by atoms with Crippen LogP contribution in [0.25, 0.3) is 0 Å². The molecule has 1 heterocycles. The number of aryl methyl sites for hydroxylation is 2. The maximum absolute atomic E-state index is 11.9. The fraction of sp³-hybridized carbons (Fsp3) is 0.632. The van der Waals surface area contributed by atoms with Crippen molar-refractivity contribution in [2.45, 2.75) is 39.0 Å². The molecule has 1 aromatic rings. The number of carbonyl (C=O) groups excluding carboxylic acids is 1. The molecule has 3 rings (SSSR count). The number of carbonyl (C=O) groups is 1. The Kier molecular flexibility index (Phi) is 5.55. The van der Waals surface area contributed by atoms with Crippen LogP contribution in [0.1, 0.15) is 37.3 Å². The molecule has 1 saturated heterocycles. The number of hydrogen-bond acceptors (Lipinski definition) is 4. The summed E-state index contributed by atoms with van der Waals surface area (Å²) >= 11 is 0. The fourth-order valence-corrected chi connectivity index (χ4v) is 3.64. The third-order valence-electron chi connectivity index (χ3n) is 4.87. The maximum atomic E-state index is 11.9. The number of likely N-dealkylation sites (tertiary alicyclic amines) is 1. The molecule has 0 radical (unpaired) electrons. The van der Waals surface area contributed by atoms with Crippen LogP contribution in [0.5, 0.6) is 5.75 Å². The number of piperidine rings is 1. The minimum Gasteiger partial charge on any atom is -0.492 e. The molecule has 0 bridgehead atoms. The van der Waals surface area contributed by atoms with Crippen LogP contribution in [0.4, 0.5) is 0 Å². The summed E-state index contributed by atoms with van der Waals surface area (Å²) in [6.07, 6.45) is 5.66. The van der Waals surface area contributed by atoms with E-state index in [1.165, 1.54) is 30.4 Å². The van der Waals surface area contributed by atoms with Crippen LogP contribution in [0, 0.1) is 5.92 Å². The van der Waals surface area contributed by atoms with Gasteiger partial charge in [0.2, 0.25) is 0 Å². The zero-order valence-corrected chi connectivity index (χ0v) is 14.1. The van der Waals surface area contributed by atoms with Gasteiger partial charge in [-0.1, -0.05) is 6.07 Å². The third-order valence-corrected chi connectivity index (χ3v) is 4.87. The Balaban J connectivity index is 1.44. The summed E-state index contributed by atoms with van der Waals surface area (Å²) in [4.78, 5) is 14.2. The molecule has 126 valence electrons. The van der Waals surface area contributed by atoms with Crippen LogP contribution < -0.4 is 4.74 Å². The van der Waals surface area contributed by atoms with Gasteiger partial charge in [-0.2, -0.15) is 0 Å². The number of ether oxygens (including phenoxy) is 2. The van der Waals surface area contributed by atoms with Gasteiger partial charge < -0.3 is 9.47 Å². The minimum atomic E-state index is -0.0447. The van der Waals surface area contributed by atoms with Gasteiger partial charge in [-0.25, -0.2) is 0 Å². The smallest absolute Gasteiger partial charge is 0.310 e. The molecule has 1 atom stereocenters. The average molecular weight is 317 g/mol. The van der Waals surface area contributed by atoms with Crippen LogP contribution in [0.2, 0.25) is 0 Å². The maximum Gasteiger partial charge on any atom is 0.310 e. The molecule has 1 aliphatic carbocycles. The van der Waals surface area contributed by atoms with E-state index in [9.17, 15) is 4.79 Å². The SMILES string of the molecule is CCOC(=O)C1CCCN(CCOc2ccc3c(c2)CCC3)C1. The van der Waals surface area contributed by atoms with Crippen molar-refractivity contribution in [3.63, 3.8) is 0 Å². The van der Waals surface area contributed by atoms with Crippen LogP contribution in [-0.4, -0.2) is 43.7 Å². The molecule has 2 aliphatic rings. The van der Waals surface area contributed by atoms with Crippen molar-refractivity contribution in [2.24, 2.45) is 5.92 Å². The lowest BCUT2D eigenvalue weighted by Crippen LogP contribution is -2.41. The monoisotopic (exact) mass is 317 g/mol. The van der Waals surface area contributed by atoms with Crippen LogP contribution in [0.3, 0.4) is 0 Å². The summed E-state index contributed by atoms with van der Waals surface area (Å²) in [7, 11) is 0. The van der Waals surface area contributed by atoms with Gasteiger partial charge >= 0.3 is 5.97 Å². The van der Waals surface area contributed by atoms with Crippen molar-refractivity contribution in [1.82, 2.24) is 4.90 Å². The lowest BCUT2D eigenvalue weighted by molar-refractivity contribution is -0.150. The highest BCUT2D eigenvalue weighted by atomic mass is 16.5. The predicted octanol–water partition coefficient (Wildman–Crippen LogP) is 2.83. The van der Waals surface area contributed by atoms with Gasteiger partial charge in [0.15, 0.2) is 0 Å². The third kappa shape index (κ3) is 4.25. The first kappa shape index (κ1) is 16.3. The Morgan fingerprint density at radius 2 is 2.13 bits per heavy atom. The molecular weight excluding hydrogens is 290 g/mol. The lowest BCUT2D eigenvalue weighted by Gasteiger charge is -2.31. The number of fused-ring (bicyclic) bond motifs is 1. The van der Waals surface area contributed by atoms with Gasteiger partial charge in [-0.3, -0.25) is 9.69 Å². The molecule has 0 spiro atoms. The summed E-state index contributed by atoms with van der Waals surface area (Å²) in [6, 6.07) is 6.48. The van der Waals surface area contributed by atoms with Gasteiger partial charge in [0, 0.05) is 13.1 Å². The zero-order valence-electron chi connectivity index (χ0n) is 14.1. The van der Waals surface area contributed by atoms with E-state index in [0.29, 0.717) is 13.2 Å². The average Bonchev–Trinajstić information content (AvgIpc) is 3.03. The van der Waals surface area contributed by atoms with E-state index in [4.69, 9.17) is 9.47 Å². The van der Waals surface area contributed by atoms with E-state index in [2.05, 4.69) is 23.1 Å². The first-order valence-corrected chi connectivity index (χ1v) is 8.90. The molecule has 0 N–H and O–H groups in total. The van der Waals surface area contributed by atoms with Gasteiger partial charge in [0.25, 0.3) is 0 Å². The quantitative estimate of drug-likeness (QED) is 0.756. The minimum absolute atomic E-state index is 0.0312. The molecule has 4 nitrogen and oxygen atoms in total. The second-order valence-electron chi connectivity index (χ2n) is 6.52. The number of nitrogens with zero attached hydrogens (tertiary/aromatic N) is 1. The summed E-state index contributed by atoms with van der Waals surface area (Å²) in [6.45, 7) is 5.72. The highest BCUT2D eigenvalue weighted by molar-refractivity contribution is 5.72. The van der Waals surface area contributed by atoms with E-state index in [-0.39, 0.29) is 11.9 Å². The standard InChI is InChI=1S/C19H27NO3/c1-2-22-19(21)17-7-4-10-20(14-17)11-12-23-18-9-8-15-5-3-6-16(15)13-18/h8-9,13,17H,2-7,10-12,14H2,1H3. The number of esters is 1. The Bertz CT molecular complexity index is 543. The molecule has 1 fully saturated rings. The van der Waals surface area contributed by atoms with Crippen LogP contribution in [-0.2, 0) is 22.4 Å². The van der Waals surface area contributed by atoms with E-state index >= 15 is 0 Å². The summed E-state index contributed by atoms with van der Waals surface area (Å²) in [5.41, 5.74) is 2.92. The van der Waals surface area contributed by atoms with Crippen molar-refractivity contribution >= 4 is 5.97 Å². The van der Waals surface area contributed by atoms with Gasteiger partial charge in [0.05, 0.1) is 12.5 Å². The molecule has 1 aliphatic heterocycles. The van der Waals surface area contributed by atoms with E-state index < -0.39 is 0 Å². The largest absolute Gasteiger partial charge is 0.492 e. The molecule has 4 heteroatoms. The second-order valence-corrected chi connectivity index (χ2v) is 6.52. The molecule has 0 saturated carbocycles. The Hall–Kier alpha value is -1.55. The summed E-state index contributed by atoms with van der Waals surface area (Å²) in [5, 5.41) is 0. The predicted molar refractivity (Wildman–Crippen MR) is 89.8 cm³/mol. The number of rotatable bonds is 6. The summed E-state index contributed by atoms with van der Waals surface area (Å²) in [5.74, 6) is 0.963.